The minimum absolute atomic E-state index is 0.0634. The number of aromatic amines is 1. The first-order chi connectivity index (χ1) is 27.5. The SMILES string of the molecule is O=C(c1ccc2c(c1)OCCO2)c1c[nH]c2ccccc2c1=O.O=C(c1ccc2c(c1)OCCO2)c1cn(Cc2cccc(C(F)(F)F)n2)c2ccccc2c1=O. The van der Waals surface area contributed by atoms with E-state index in [0.29, 0.717) is 71.4 Å². The van der Waals surface area contributed by atoms with Crippen molar-refractivity contribution in [3.63, 3.8) is 0 Å². The molecule has 2 aliphatic heterocycles. The van der Waals surface area contributed by atoms with Gasteiger partial charge in [0.05, 0.1) is 28.9 Å². The van der Waals surface area contributed by atoms with E-state index in [2.05, 4.69) is 9.97 Å². The molecule has 0 fully saturated rings. The first-order valence-corrected chi connectivity index (χ1v) is 17.7. The zero-order chi connectivity index (χ0) is 39.7. The maximum absolute atomic E-state index is 13.3. The van der Waals surface area contributed by atoms with Crippen LogP contribution in [-0.2, 0) is 12.7 Å². The van der Waals surface area contributed by atoms with Crippen LogP contribution in [0.5, 0.6) is 23.0 Å². The monoisotopic (exact) mass is 773 g/mol. The maximum atomic E-state index is 13.3. The van der Waals surface area contributed by atoms with Gasteiger partial charge in [0.1, 0.15) is 32.1 Å². The summed E-state index contributed by atoms with van der Waals surface area (Å²) in [5.41, 5.74) is 0.201. The highest BCUT2D eigenvalue weighted by Crippen LogP contribution is 2.33. The molecule has 2 aliphatic rings. The van der Waals surface area contributed by atoms with E-state index >= 15 is 0 Å². The Labute approximate surface area is 320 Å². The summed E-state index contributed by atoms with van der Waals surface area (Å²) < 4.78 is 62.8. The average Bonchev–Trinajstić information content (AvgIpc) is 3.24. The minimum atomic E-state index is -4.58. The summed E-state index contributed by atoms with van der Waals surface area (Å²) in [5.74, 6) is 1.19. The number of hydrogen-bond acceptors (Lipinski definition) is 9. The van der Waals surface area contributed by atoms with Crippen LogP contribution in [0.4, 0.5) is 13.2 Å². The van der Waals surface area contributed by atoms with E-state index in [9.17, 15) is 32.3 Å². The molecule has 0 amide bonds. The summed E-state index contributed by atoms with van der Waals surface area (Å²) in [6, 6.07) is 27.0. The normalized spacial score (nSPS) is 13.1. The number of H-pyrrole nitrogens is 1. The van der Waals surface area contributed by atoms with Crippen LogP contribution in [0, 0.1) is 0 Å². The van der Waals surface area contributed by atoms with Gasteiger partial charge < -0.3 is 28.5 Å². The molecule has 11 nitrogen and oxygen atoms in total. The fourth-order valence-corrected chi connectivity index (χ4v) is 6.55. The Hall–Kier alpha value is -7.22. The maximum Gasteiger partial charge on any atom is 0.433 e. The number of carbonyl (C=O) groups is 2. The second-order valence-electron chi connectivity index (χ2n) is 13.0. The quantitative estimate of drug-likeness (QED) is 0.177. The number of nitrogens with zero attached hydrogens (tertiary/aromatic N) is 2. The van der Waals surface area contributed by atoms with E-state index in [1.165, 1.54) is 30.6 Å². The first-order valence-electron chi connectivity index (χ1n) is 17.7. The molecule has 0 saturated carbocycles. The molecule has 9 rings (SSSR count). The Morgan fingerprint density at radius 3 is 1.86 bits per heavy atom. The van der Waals surface area contributed by atoms with Gasteiger partial charge in [-0.2, -0.15) is 13.2 Å². The predicted molar refractivity (Wildman–Crippen MR) is 203 cm³/mol. The lowest BCUT2D eigenvalue weighted by Gasteiger charge is -2.19. The molecule has 0 spiro atoms. The molecule has 3 aromatic heterocycles. The van der Waals surface area contributed by atoms with Gasteiger partial charge in [-0.05, 0) is 72.8 Å². The van der Waals surface area contributed by atoms with Crippen molar-refractivity contribution >= 4 is 33.4 Å². The van der Waals surface area contributed by atoms with Crippen molar-refractivity contribution < 1.29 is 41.7 Å². The number of nitrogens with one attached hydrogen (secondary N) is 1. The van der Waals surface area contributed by atoms with Crippen LogP contribution in [0.3, 0.4) is 0 Å². The Bertz CT molecular complexity index is 2830. The van der Waals surface area contributed by atoms with Crippen molar-refractivity contribution in [1.29, 1.82) is 0 Å². The van der Waals surface area contributed by atoms with Crippen LogP contribution >= 0.6 is 0 Å². The second-order valence-corrected chi connectivity index (χ2v) is 13.0. The standard InChI is InChI=1S/C25H17F3N2O4.C18H13NO4/c26-25(27,28)22-7-3-4-16(29-22)13-30-14-18(24(32)17-5-1-2-6-19(17)30)23(31)15-8-9-20-21(12-15)34-11-10-33-20;20-17(11-5-6-15-16(9-11)23-8-7-22-15)13-10-19-14-4-2-1-3-12(14)18(13)21/h1-9,12,14H,10-11,13H2;1-6,9-10H,7-8H2,(H,19,21). The smallest absolute Gasteiger partial charge is 0.433 e. The predicted octanol–water partition coefficient (Wildman–Crippen LogP) is 7.00. The van der Waals surface area contributed by atoms with E-state index in [4.69, 9.17) is 18.9 Å². The highest BCUT2D eigenvalue weighted by molar-refractivity contribution is 6.11. The molecule has 0 unspecified atom stereocenters. The van der Waals surface area contributed by atoms with Gasteiger partial charge in [-0.25, -0.2) is 4.98 Å². The van der Waals surface area contributed by atoms with Crippen LogP contribution in [0.15, 0.2) is 125 Å². The Morgan fingerprint density at radius 2 is 1.21 bits per heavy atom. The van der Waals surface area contributed by atoms with E-state index in [1.807, 2.05) is 6.07 Å². The topological polar surface area (TPSA) is 139 Å². The zero-order valence-corrected chi connectivity index (χ0v) is 29.8. The van der Waals surface area contributed by atoms with Gasteiger partial charge in [0, 0.05) is 39.8 Å². The Balaban J connectivity index is 0.000000172. The van der Waals surface area contributed by atoms with E-state index < -0.39 is 23.1 Å². The van der Waals surface area contributed by atoms with Crippen molar-refractivity contribution in [2.45, 2.75) is 12.7 Å². The molecule has 4 aromatic carbocycles. The molecule has 57 heavy (non-hydrogen) atoms. The summed E-state index contributed by atoms with van der Waals surface area (Å²) in [7, 11) is 0. The molecule has 0 atom stereocenters. The van der Waals surface area contributed by atoms with Gasteiger partial charge in [0.25, 0.3) is 0 Å². The number of hydrogen-bond donors (Lipinski definition) is 1. The van der Waals surface area contributed by atoms with E-state index in [-0.39, 0.29) is 45.5 Å². The summed E-state index contributed by atoms with van der Waals surface area (Å²) in [5, 5.41) is 0.772. The van der Waals surface area contributed by atoms with Gasteiger partial charge in [0.15, 0.2) is 34.6 Å². The van der Waals surface area contributed by atoms with Crippen molar-refractivity contribution in [2.75, 3.05) is 26.4 Å². The summed E-state index contributed by atoms with van der Waals surface area (Å²) in [6.07, 6.45) is -1.75. The van der Waals surface area contributed by atoms with Crippen molar-refractivity contribution in [2.24, 2.45) is 0 Å². The number of alkyl halides is 3. The number of ether oxygens (including phenoxy) is 4. The van der Waals surface area contributed by atoms with Gasteiger partial charge in [-0.3, -0.25) is 19.2 Å². The van der Waals surface area contributed by atoms with Crippen molar-refractivity contribution in [3.8, 4) is 23.0 Å². The van der Waals surface area contributed by atoms with Gasteiger partial charge in [-0.15, -0.1) is 0 Å². The molecule has 0 aliphatic carbocycles. The number of aromatic nitrogens is 3. The highest BCUT2D eigenvalue weighted by atomic mass is 19.4. The number of para-hydroxylation sites is 2. The Morgan fingerprint density at radius 1 is 0.649 bits per heavy atom. The van der Waals surface area contributed by atoms with Gasteiger partial charge >= 0.3 is 6.18 Å². The largest absolute Gasteiger partial charge is 0.486 e. The van der Waals surface area contributed by atoms with Crippen LogP contribution < -0.4 is 29.8 Å². The van der Waals surface area contributed by atoms with E-state index in [1.54, 1.807) is 77.4 Å². The minimum Gasteiger partial charge on any atom is -0.486 e. The fourth-order valence-electron chi connectivity index (χ4n) is 6.55. The summed E-state index contributed by atoms with van der Waals surface area (Å²) in [4.78, 5) is 58.4. The van der Waals surface area contributed by atoms with Crippen LogP contribution in [0.25, 0.3) is 21.8 Å². The van der Waals surface area contributed by atoms with Gasteiger partial charge in [0.2, 0.25) is 10.9 Å². The molecular formula is C43H30F3N3O8. The lowest BCUT2D eigenvalue weighted by atomic mass is 10.0. The lowest BCUT2D eigenvalue weighted by molar-refractivity contribution is -0.141. The molecule has 0 bridgehead atoms. The third kappa shape index (κ3) is 7.44. The molecule has 286 valence electrons. The summed E-state index contributed by atoms with van der Waals surface area (Å²) in [6.45, 7) is 1.62. The number of carbonyl (C=O) groups excluding carboxylic acids is 2. The molecular weight excluding hydrogens is 743 g/mol. The number of halogens is 3. The molecule has 1 N–H and O–H groups in total. The molecule has 0 saturated heterocycles. The first kappa shape index (κ1) is 36.7. The third-order valence-electron chi connectivity index (χ3n) is 9.30. The number of benzene rings is 4. The number of pyridine rings is 3. The summed E-state index contributed by atoms with van der Waals surface area (Å²) >= 11 is 0. The molecule has 5 heterocycles. The van der Waals surface area contributed by atoms with Crippen molar-refractivity contribution in [3.05, 3.63) is 170 Å². The fraction of sp³-hybridized carbons (Fsp3) is 0.140. The second kappa shape index (κ2) is 15.1. The molecule has 14 heteroatoms. The van der Waals surface area contributed by atoms with Crippen LogP contribution in [0.2, 0.25) is 0 Å². The third-order valence-corrected chi connectivity index (χ3v) is 9.30. The molecule has 0 radical (unpaired) electrons. The number of rotatable bonds is 6. The molecule has 7 aromatic rings. The average molecular weight is 774 g/mol. The van der Waals surface area contributed by atoms with Crippen molar-refractivity contribution in [1.82, 2.24) is 14.5 Å². The Kier molecular flexibility index (Phi) is 9.76. The van der Waals surface area contributed by atoms with Crippen LogP contribution in [0.1, 0.15) is 43.2 Å². The lowest BCUT2D eigenvalue weighted by Crippen LogP contribution is -2.21. The van der Waals surface area contributed by atoms with Gasteiger partial charge in [-0.1, -0.05) is 30.3 Å². The number of ketones is 2. The zero-order valence-electron chi connectivity index (χ0n) is 29.8. The number of fused-ring (bicyclic) bond motifs is 4. The highest BCUT2D eigenvalue weighted by Gasteiger charge is 2.32. The van der Waals surface area contributed by atoms with E-state index in [0.717, 1.165) is 6.07 Å². The van der Waals surface area contributed by atoms with Crippen LogP contribution in [-0.4, -0.2) is 52.5 Å².